The van der Waals surface area contributed by atoms with Crippen LogP contribution in [0.2, 0.25) is 0 Å². The molecule has 0 bridgehead atoms. The van der Waals surface area contributed by atoms with Crippen molar-refractivity contribution in [2.75, 3.05) is 11.9 Å². The minimum Gasteiger partial charge on any atom is -0.369 e. The highest BCUT2D eigenvalue weighted by Crippen LogP contribution is 2.44. The first kappa shape index (κ1) is 9.51. The van der Waals surface area contributed by atoms with Crippen LogP contribution in [-0.4, -0.2) is 21.5 Å². The summed E-state index contributed by atoms with van der Waals surface area (Å²) in [4.78, 5) is 12.8. The molecule has 2 aromatic heterocycles. The Labute approximate surface area is 94.1 Å². The lowest BCUT2D eigenvalue weighted by molar-refractivity contribution is 0.609. The van der Waals surface area contributed by atoms with E-state index in [9.17, 15) is 0 Å². The van der Waals surface area contributed by atoms with Crippen LogP contribution in [0.25, 0.3) is 11.2 Å². The number of fused-ring (bicyclic) bond motifs is 1. The molecule has 2 aromatic rings. The molecule has 1 aliphatic rings. The second-order valence-electron chi connectivity index (χ2n) is 4.76. The average Bonchev–Trinajstić information content (AvgIpc) is 3.05. The summed E-state index contributed by atoms with van der Waals surface area (Å²) in [5, 5.41) is 3.36. The van der Waals surface area contributed by atoms with Gasteiger partial charge in [0.15, 0.2) is 5.65 Å². The van der Waals surface area contributed by atoms with Gasteiger partial charge < -0.3 is 5.32 Å². The lowest BCUT2D eigenvalue weighted by Gasteiger charge is -2.10. The Hall–Kier alpha value is -1.71. The molecule has 3 rings (SSSR count). The van der Waals surface area contributed by atoms with Gasteiger partial charge in [0.05, 0.1) is 0 Å². The van der Waals surface area contributed by atoms with Gasteiger partial charge in [0.1, 0.15) is 11.3 Å². The van der Waals surface area contributed by atoms with Crippen molar-refractivity contribution in [1.29, 1.82) is 0 Å². The molecule has 0 spiro atoms. The molecule has 4 heteroatoms. The van der Waals surface area contributed by atoms with E-state index in [-0.39, 0.29) is 0 Å². The van der Waals surface area contributed by atoms with Crippen LogP contribution in [0.1, 0.15) is 19.8 Å². The van der Waals surface area contributed by atoms with Crippen LogP contribution in [0.3, 0.4) is 0 Å². The summed E-state index contributed by atoms with van der Waals surface area (Å²) in [6.45, 7) is 3.28. The fourth-order valence-electron chi connectivity index (χ4n) is 1.65. The molecular formula is C12H14N4. The zero-order valence-corrected chi connectivity index (χ0v) is 9.27. The predicted molar refractivity (Wildman–Crippen MR) is 63.2 cm³/mol. The normalized spacial score (nSPS) is 17.3. The number of rotatable bonds is 3. The summed E-state index contributed by atoms with van der Waals surface area (Å²) < 4.78 is 0. The van der Waals surface area contributed by atoms with E-state index in [2.05, 4.69) is 27.2 Å². The average molecular weight is 214 g/mol. The maximum absolute atomic E-state index is 4.42. The van der Waals surface area contributed by atoms with Crippen LogP contribution in [0.15, 0.2) is 24.5 Å². The van der Waals surface area contributed by atoms with Crippen molar-refractivity contribution in [2.45, 2.75) is 19.8 Å². The van der Waals surface area contributed by atoms with Gasteiger partial charge in [-0.15, -0.1) is 0 Å². The van der Waals surface area contributed by atoms with E-state index in [0.29, 0.717) is 11.1 Å². The molecule has 1 fully saturated rings. The summed E-state index contributed by atoms with van der Waals surface area (Å²) in [6.07, 6.45) is 5.98. The van der Waals surface area contributed by atoms with Crippen molar-refractivity contribution in [3.05, 3.63) is 24.5 Å². The molecule has 16 heavy (non-hydrogen) atoms. The Morgan fingerprint density at radius 2 is 2.06 bits per heavy atom. The number of nitrogens with one attached hydrogen (secondary N) is 1. The van der Waals surface area contributed by atoms with Gasteiger partial charge in [0.25, 0.3) is 0 Å². The fraction of sp³-hybridized carbons (Fsp3) is 0.417. The molecule has 0 atom stereocenters. The topological polar surface area (TPSA) is 50.7 Å². The predicted octanol–water partition coefficient (Wildman–Crippen LogP) is 2.24. The number of hydrogen-bond acceptors (Lipinski definition) is 4. The summed E-state index contributed by atoms with van der Waals surface area (Å²) in [5.41, 5.74) is 2.03. The second-order valence-corrected chi connectivity index (χ2v) is 4.76. The maximum atomic E-state index is 4.42. The minimum atomic E-state index is 0.485. The number of aromatic nitrogens is 3. The number of hydrogen-bond donors (Lipinski definition) is 1. The standard InChI is InChI=1S/C12H14N4/c1-12(4-5-12)8-15-10-3-2-9-11(16-10)14-7-6-13-9/h2-3,6-7H,4-5,8H2,1H3,(H,14,15,16). The van der Waals surface area contributed by atoms with E-state index in [1.54, 1.807) is 12.4 Å². The van der Waals surface area contributed by atoms with Gasteiger partial charge in [-0.3, -0.25) is 4.98 Å². The Kier molecular flexibility index (Phi) is 2.02. The van der Waals surface area contributed by atoms with E-state index < -0.39 is 0 Å². The maximum Gasteiger partial charge on any atom is 0.180 e. The molecule has 1 N–H and O–H groups in total. The quantitative estimate of drug-likeness (QED) is 0.851. The van der Waals surface area contributed by atoms with E-state index in [0.717, 1.165) is 17.9 Å². The minimum absolute atomic E-state index is 0.485. The van der Waals surface area contributed by atoms with Crippen LogP contribution in [0, 0.1) is 5.41 Å². The molecule has 4 nitrogen and oxygen atoms in total. The molecule has 1 saturated carbocycles. The van der Waals surface area contributed by atoms with Gasteiger partial charge in [0, 0.05) is 18.9 Å². The summed E-state index contributed by atoms with van der Waals surface area (Å²) in [5.74, 6) is 0.890. The molecule has 82 valence electrons. The SMILES string of the molecule is CC1(CNc2ccc3nccnc3n2)CC1. The zero-order chi connectivity index (χ0) is 11.0. The third-order valence-electron chi connectivity index (χ3n) is 3.13. The van der Waals surface area contributed by atoms with Gasteiger partial charge in [-0.1, -0.05) is 6.92 Å². The van der Waals surface area contributed by atoms with Crippen LogP contribution >= 0.6 is 0 Å². The highest BCUT2D eigenvalue weighted by atomic mass is 15.0. The van der Waals surface area contributed by atoms with E-state index >= 15 is 0 Å². The van der Waals surface area contributed by atoms with Crippen LogP contribution in [0.4, 0.5) is 5.82 Å². The molecule has 0 unspecified atom stereocenters. The Bertz CT molecular complexity index is 519. The summed E-state index contributed by atoms with van der Waals surface area (Å²) in [6, 6.07) is 3.91. The van der Waals surface area contributed by atoms with Gasteiger partial charge in [-0.05, 0) is 30.4 Å². The molecule has 0 radical (unpaired) electrons. The van der Waals surface area contributed by atoms with Crippen molar-refractivity contribution >= 4 is 17.0 Å². The lowest BCUT2D eigenvalue weighted by atomic mass is 10.1. The van der Waals surface area contributed by atoms with E-state index in [1.165, 1.54) is 12.8 Å². The lowest BCUT2D eigenvalue weighted by Crippen LogP contribution is -2.12. The first-order chi connectivity index (χ1) is 7.75. The highest BCUT2D eigenvalue weighted by molar-refractivity contribution is 5.71. The third-order valence-corrected chi connectivity index (χ3v) is 3.13. The fourth-order valence-corrected chi connectivity index (χ4v) is 1.65. The second kappa shape index (κ2) is 3.40. The van der Waals surface area contributed by atoms with Gasteiger partial charge in [0.2, 0.25) is 0 Å². The molecule has 2 heterocycles. The smallest absolute Gasteiger partial charge is 0.180 e. The first-order valence-electron chi connectivity index (χ1n) is 5.57. The van der Waals surface area contributed by atoms with E-state index in [1.807, 2.05) is 12.1 Å². The van der Waals surface area contributed by atoms with Crippen LogP contribution < -0.4 is 5.32 Å². The first-order valence-corrected chi connectivity index (χ1v) is 5.57. The molecular weight excluding hydrogens is 200 g/mol. The Morgan fingerprint density at radius 1 is 1.25 bits per heavy atom. The van der Waals surface area contributed by atoms with Crippen molar-refractivity contribution in [2.24, 2.45) is 5.41 Å². The van der Waals surface area contributed by atoms with Gasteiger partial charge in [-0.25, -0.2) is 9.97 Å². The number of anilines is 1. The molecule has 0 aliphatic heterocycles. The molecule has 0 saturated heterocycles. The van der Waals surface area contributed by atoms with Gasteiger partial charge >= 0.3 is 0 Å². The van der Waals surface area contributed by atoms with Crippen molar-refractivity contribution in [3.8, 4) is 0 Å². The van der Waals surface area contributed by atoms with Crippen molar-refractivity contribution < 1.29 is 0 Å². The largest absolute Gasteiger partial charge is 0.369 e. The third kappa shape index (κ3) is 1.83. The summed E-state index contributed by atoms with van der Waals surface area (Å²) in [7, 11) is 0. The number of nitrogens with zero attached hydrogens (tertiary/aromatic N) is 3. The zero-order valence-electron chi connectivity index (χ0n) is 9.27. The summed E-state index contributed by atoms with van der Waals surface area (Å²) >= 11 is 0. The Balaban J connectivity index is 1.81. The van der Waals surface area contributed by atoms with Crippen LogP contribution in [0.5, 0.6) is 0 Å². The van der Waals surface area contributed by atoms with Crippen molar-refractivity contribution in [1.82, 2.24) is 15.0 Å². The highest BCUT2D eigenvalue weighted by Gasteiger charge is 2.36. The van der Waals surface area contributed by atoms with Crippen LogP contribution in [-0.2, 0) is 0 Å². The molecule has 0 amide bonds. The number of pyridine rings is 1. The van der Waals surface area contributed by atoms with Gasteiger partial charge in [-0.2, -0.15) is 0 Å². The van der Waals surface area contributed by atoms with E-state index in [4.69, 9.17) is 0 Å². The van der Waals surface area contributed by atoms with Crippen molar-refractivity contribution in [3.63, 3.8) is 0 Å². The Morgan fingerprint density at radius 3 is 2.88 bits per heavy atom. The molecule has 1 aliphatic carbocycles. The monoisotopic (exact) mass is 214 g/mol. The molecule has 0 aromatic carbocycles.